The Bertz CT molecular complexity index is 726. The fourth-order valence-corrected chi connectivity index (χ4v) is 3.11. The second-order valence-corrected chi connectivity index (χ2v) is 6.42. The summed E-state index contributed by atoms with van der Waals surface area (Å²) in [5.41, 5.74) is 1.13. The van der Waals surface area contributed by atoms with Crippen LogP contribution in [0.5, 0.6) is 5.75 Å². The highest BCUT2D eigenvalue weighted by Crippen LogP contribution is 2.24. The van der Waals surface area contributed by atoms with Crippen molar-refractivity contribution in [1.82, 2.24) is 15.1 Å². The number of ether oxygens (including phenoxy) is 1. The summed E-state index contributed by atoms with van der Waals surface area (Å²) in [6.07, 6.45) is 0. The topological polar surface area (TPSA) is 44.8 Å². The van der Waals surface area contributed by atoms with Crippen LogP contribution in [0.15, 0.2) is 54.6 Å². The van der Waals surface area contributed by atoms with Crippen LogP contribution < -0.4 is 10.1 Å². The number of hydrogen-bond donors (Lipinski definition) is 1. The number of rotatable bonds is 5. The van der Waals surface area contributed by atoms with E-state index in [1.165, 1.54) is 12.1 Å². The summed E-state index contributed by atoms with van der Waals surface area (Å²) in [4.78, 5) is 16.7. The van der Waals surface area contributed by atoms with E-state index in [4.69, 9.17) is 4.74 Å². The van der Waals surface area contributed by atoms with Gasteiger partial charge < -0.3 is 19.9 Å². The van der Waals surface area contributed by atoms with Gasteiger partial charge in [0.15, 0.2) is 0 Å². The average Bonchev–Trinajstić information content (AvgIpc) is 2.66. The lowest BCUT2D eigenvalue weighted by atomic mass is 10.0. The van der Waals surface area contributed by atoms with Gasteiger partial charge in [-0.15, -0.1) is 0 Å². The molecule has 1 N–H and O–H groups in total. The van der Waals surface area contributed by atoms with E-state index < -0.39 is 0 Å². The molecule has 0 aliphatic carbocycles. The van der Waals surface area contributed by atoms with Crippen LogP contribution in [0.1, 0.15) is 11.6 Å². The number of carbonyl (C=O) groups is 1. The molecule has 0 saturated carbocycles. The van der Waals surface area contributed by atoms with E-state index in [2.05, 4.69) is 29.4 Å². The van der Waals surface area contributed by atoms with Crippen molar-refractivity contribution >= 4 is 6.03 Å². The van der Waals surface area contributed by atoms with Crippen LogP contribution in [-0.4, -0.2) is 55.7 Å². The van der Waals surface area contributed by atoms with Gasteiger partial charge in [-0.3, -0.25) is 0 Å². The van der Waals surface area contributed by atoms with Gasteiger partial charge in [0.25, 0.3) is 0 Å². The third-order valence-corrected chi connectivity index (χ3v) is 4.47. The molecule has 5 nitrogen and oxygen atoms in total. The zero-order chi connectivity index (χ0) is 18.4. The molecule has 0 aromatic heterocycles. The molecule has 138 valence electrons. The Labute approximate surface area is 153 Å². The van der Waals surface area contributed by atoms with Crippen LogP contribution in [-0.2, 0) is 0 Å². The Morgan fingerprint density at radius 3 is 2.77 bits per heavy atom. The molecule has 1 unspecified atom stereocenters. The lowest BCUT2D eigenvalue weighted by Gasteiger charge is -2.40. The summed E-state index contributed by atoms with van der Waals surface area (Å²) in [5, 5.41) is 2.90. The highest BCUT2D eigenvalue weighted by Gasteiger charge is 2.29. The van der Waals surface area contributed by atoms with E-state index >= 15 is 0 Å². The standard InChI is InChI=1S/C20H24FN3O2/c1-23-11-12-24(19(15-23)16-6-3-2-4-7-16)20(25)22-10-13-26-18-9-5-8-17(21)14-18/h2-9,14,19H,10-13,15H2,1H3,(H,22,25). The fraction of sp³-hybridized carbons (Fsp3) is 0.350. The molecule has 0 spiro atoms. The summed E-state index contributed by atoms with van der Waals surface area (Å²) in [7, 11) is 2.07. The predicted molar refractivity (Wildman–Crippen MR) is 98.7 cm³/mol. The van der Waals surface area contributed by atoms with Gasteiger partial charge >= 0.3 is 6.03 Å². The number of nitrogens with zero attached hydrogens (tertiary/aromatic N) is 2. The van der Waals surface area contributed by atoms with Crippen molar-refractivity contribution in [1.29, 1.82) is 0 Å². The van der Waals surface area contributed by atoms with E-state index in [0.717, 1.165) is 18.7 Å². The lowest BCUT2D eigenvalue weighted by Crippen LogP contribution is -2.52. The number of carbonyl (C=O) groups excluding carboxylic acids is 1. The van der Waals surface area contributed by atoms with Crippen molar-refractivity contribution in [2.24, 2.45) is 0 Å². The van der Waals surface area contributed by atoms with Gasteiger partial charge in [0.05, 0.1) is 12.6 Å². The molecule has 2 aromatic rings. The minimum Gasteiger partial charge on any atom is -0.492 e. The van der Waals surface area contributed by atoms with Crippen molar-refractivity contribution in [2.75, 3.05) is 39.8 Å². The Morgan fingerprint density at radius 2 is 2.00 bits per heavy atom. The Hall–Kier alpha value is -2.60. The minimum atomic E-state index is -0.338. The third-order valence-electron chi connectivity index (χ3n) is 4.47. The first kappa shape index (κ1) is 18.2. The number of amides is 2. The minimum absolute atomic E-state index is 0.0269. The van der Waals surface area contributed by atoms with Gasteiger partial charge in [-0.2, -0.15) is 0 Å². The summed E-state index contributed by atoms with van der Waals surface area (Å²) in [5.74, 6) is 0.121. The Kier molecular flexibility index (Phi) is 6.07. The summed E-state index contributed by atoms with van der Waals surface area (Å²) in [6, 6.07) is 16.0. The van der Waals surface area contributed by atoms with E-state index in [0.29, 0.717) is 25.4 Å². The van der Waals surface area contributed by atoms with Crippen molar-refractivity contribution < 1.29 is 13.9 Å². The van der Waals surface area contributed by atoms with Crippen LogP contribution in [0.3, 0.4) is 0 Å². The maximum Gasteiger partial charge on any atom is 0.318 e. The zero-order valence-corrected chi connectivity index (χ0v) is 14.9. The smallest absolute Gasteiger partial charge is 0.318 e. The molecular formula is C20H24FN3O2. The number of urea groups is 1. The van der Waals surface area contributed by atoms with Crippen molar-refractivity contribution in [2.45, 2.75) is 6.04 Å². The summed E-state index contributed by atoms with van der Waals surface area (Å²) >= 11 is 0. The molecule has 1 aliphatic rings. The van der Waals surface area contributed by atoms with E-state index in [9.17, 15) is 9.18 Å². The van der Waals surface area contributed by atoms with E-state index in [1.807, 2.05) is 23.1 Å². The van der Waals surface area contributed by atoms with Gasteiger partial charge in [0, 0.05) is 25.7 Å². The fourth-order valence-electron chi connectivity index (χ4n) is 3.11. The van der Waals surface area contributed by atoms with Gasteiger partial charge in [0.1, 0.15) is 18.2 Å². The Balaban J connectivity index is 1.53. The normalized spacial score (nSPS) is 17.8. The molecule has 3 rings (SSSR count). The predicted octanol–water partition coefficient (Wildman–Crippen LogP) is 2.90. The van der Waals surface area contributed by atoms with E-state index in [1.54, 1.807) is 12.1 Å². The first-order chi connectivity index (χ1) is 12.6. The molecule has 2 amide bonds. The maximum absolute atomic E-state index is 13.1. The number of benzene rings is 2. The Morgan fingerprint density at radius 1 is 1.19 bits per heavy atom. The number of hydrogen-bond acceptors (Lipinski definition) is 3. The number of halogens is 1. The van der Waals surface area contributed by atoms with Crippen molar-refractivity contribution in [3.8, 4) is 5.75 Å². The summed E-state index contributed by atoms with van der Waals surface area (Å²) in [6.45, 7) is 2.97. The van der Waals surface area contributed by atoms with E-state index in [-0.39, 0.29) is 17.9 Å². The first-order valence-corrected chi connectivity index (χ1v) is 8.80. The van der Waals surface area contributed by atoms with Gasteiger partial charge in [-0.05, 0) is 24.7 Å². The molecule has 6 heteroatoms. The molecular weight excluding hydrogens is 333 g/mol. The van der Waals surface area contributed by atoms with Crippen molar-refractivity contribution in [3.05, 3.63) is 66.0 Å². The van der Waals surface area contributed by atoms with Gasteiger partial charge in [0.2, 0.25) is 0 Å². The molecule has 1 saturated heterocycles. The molecule has 1 fully saturated rings. The lowest BCUT2D eigenvalue weighted by molar-refractivity contribution is 0.108. The second kappa shape index (κ2) is 8.67. The van der Waals surface area contributed by atoms with Crippen molar-refractivity contribution in [3.63, 3.8) is 0 Å². The largest absolute Gasteiger partial charge is 0.492 e. The highest BCUT2D eigenvalue weighted by molar-refractivity contribution is 5.75. The third kappa shape index (κ3) is 4.73. The second-order valence-electron chi connectivity index (χ2n) is 6.42. The molecule has 1 heterocycles. The van der Waals surface area contributed by atoms with Crippen LogP contribution >= 0.6 is 0 Å². The molecule has 0 bridgehead atoms. The average molecular weight is 357 g/mol. The van der Waals surface area contributed by atoms with Crippen LogP contribution in [0.4, 0.5) is 9.18 Å². The molecule has 1 atom stereocenters. The molecule has 2 aromatic carbocycles. The SMILES string of the molecule is CN1CCN(C(=O)NCCOc2cccc(F)c2)C(c2ccccc2)C1. The molecule has 1 aliphatic heterocycles. The number of nitrogens with one attached hydrogen (secondary N) is 1. The monoisotopic (exact) mass is 357 g/mol. The van der Waals surface area contributed by atoms with Crippen LogP contribution in [0.2, 0.25) is 0 Å². The molecule has 26 heavy (non-hydrogen) atoms. The zero-order valence-electron chi connectivity index (χ0n) is 14.9. The molecule has 0 radical (unpaired) electrons. The first-order valence-electron chi connectivity index (χ1n) is 8.80. The van der Waals surface area contributed by atoms with Gasteiger partial charge in [-0.1, -0.05) is 36.4 Å². The van der Waals surface area contributed by atoms with Gasteiger partial charge in [-0.25, -0.2) is 9.18 Å². The highest BCUT2D eigenvalue weighted by atomic mass is 19.1. The quantitative estimate of drug-likeness (QED) is 0.837. The maximum atomic E-state index is 13.1. The van der Waals surface area contributed by atoms with Crippen LogP contribution in [0, 0.1) is 5.82 Å². The number of piperazine rings is 1. The number of likely N-dealkylation sites (N-methyl/N-ethyl adjacent to an activating group) is 1. The summed E-state index contributed by atoms with van der Waals surface area (Å²) < 4.78 is 18.6. The van der Waals surface area contributed by atoms with Crippen LogP contribution in [0.25, 0.3) is 0 Å².